The highest BCUT2D eigenvalue weighted by Gasteiger charge is 2.27. The molecule has 0 aliphatic carbocycles. The zero-order chi connectivity index (χ0) is 18.4. The van der Waals surface area contributed by atoms with E-state index in [9.17, 15) is 13.2 Å². The Kier molecular flexibility index (Phi) is 5.88. The quantitative estimate of drug-likeness (QED) is 0.725. The number of amides is 1. The lowest BCUT2D eigenvalue weighted by atomic mass is 10.1. The molecule has 2 N–H and O–H groups in total. The average Bonchev–Trinajstić information content (AvgIpc) is 2.98. The van der Waals surface area contributed by atoms with Crippen LogP contribution in [0.3, 0.4) is 0 Å². The monoisotopic (exact) mass is 373 g/mol. The second-order valence-electron chi connectivity index (χ2n) is 6.52. The predicted molar refractivity (Wildman–Crippen MR) is 102 cm³/mol. The summed E-state index contributed by atoms with van der Waals surface area (Å²) in [4.78, 5) is 16.3. The molecule has 1 aromatic heterocycles. The van der Waals surface area contributed by atoms with Crippen LogP contribution in [0.5, 0.6) is 0 Å². The molecule has 7 heteroatoms. The Morgan fingerprint density at radius 3 is 2.62 bits per heavy atom. The molecular formula is C19H23N3O3S. The lowest BCUT2D eigenvalue weighted by Crippen LogP contribution is -2.26. The molecule has 26 heavy (non-hydrogen) atoms. The summed E-state index contributed by atoms with van der Waals surface area (Å²) in [7, 11) is -2.92. The number of aromatic nitrogens is 1. The van der Waals surface area contributed by atoms with Gasteiger partial charge in [0.15, 0.2) is 9.84 Å². The maximum atomic E-state index is 12.1. The van der Waals surface area contributed by atoms with E-state index in [0.717, 1.165) is 18.5 Å². The Morgan fingerprint density at radius 1 is 1.15 bits per heavy atom. The molecule has 6 nitrogen and oxygen atoms in total. The highest BCUT2D eigenvalue weighted by molar-refractivity contribution is 7.91. The molecule has 1 amide bonds. The van der Waals surface area contributed by atoms with Gasteiger partial charge in [-0.3, -0.25) is 4.79 Å². The van der Waals surface area contributed by atoms with Gasteiger partial charge in [0, 0.05) is 12.6 Å². The standard InChI is InChI=1S/C19H23N3O3S/c23-19(20-11-4-7-15-5-2-1-3-6-15)18-9-8-16(13-21-18)22-17-10-12-26(24,25)14-17/h1-3,5-6,8-9,13,17,22H,4,7,10-12,14H2,(H,20,23). The molecule has 2 heterocycles. The number of aryl methyl sites for hydroxylation is 1. The summed E-state index contributed by atoms with van der Waals surface area (Å²) in [6.45, 7) is 0.593. The zero-order valence-corrected chi connectivity index (χ0v) is 15.3. The van der Waals surface area contributed by atoms with Crippen molar-refractivity contribution in [3.8, 4) is 0 Å². The molecule has 0 spiro atoms. The number of sulfone groups is 1. The van der Waals surface area contributed by atoms with E-state index in [2.05, 4.69) is 27.8 Å². The van der Waals surface area contributed by atoms with E-state index in [4.69, 9.17) is 0 Å². The van der Waals surface area contributed by atoms with Gasteiger partial charge >= 0.3 is 0 Å². The van der Waals surface area contributed by atoms with Crippen molar-refractivity contribution in [3.63, 3.8) is 0 Å². The molecule has 1 atom stereocenters. The summed E-state index contributed by atoms with van der Waals surface area (Å²) in [5.41, 5.74) is 2.34. The Hall–Kier alpha value is -2.41. The molecule has 1 aliphatic heterocycles. The van der Waals surface area contributed by atoms with Crippen LogP contribution in [-0.2, 0) is 16.3 Å². The first kappa shape index (κ1) is 18.4. The van der Waals surface area contributed by atoms with E-state index in [1.165, 1.54) is 5.56 Å². The second kappa shape index (κ2) is 8.31. The SMILES string of the molecule is O=C(NCCCc1ccccc1)c1ccc(NC2CCS(=O)(=O)C2)cn1. The van der Waals surface area contributed by atoms with E-state index in [1.54, 1.807) is 18.3 Å². The lowest BCUT2D eigenvalue weighted by molar-refractivity contribution is 0.0948. The van der Waals surface area contributed by atoms with Crippen LogP contribution in [0.25, 0.3) is 0 Å². The number of hydrogen-bond donors (Lipinski definition) is 2. The van der Waals surface area contributed by atoms with Crippen LogP contribution in [0.2, 0.25) is 0 Å². The highest BCUT2D eigenvalue weighted by atomic mass is 32.2. The fraction of sp³-hybridized carbons (Fsp3) is 0.368. The number of carbonyl (C=O) groups is 1. The number of rotatable bonds is 7. The van der Waals surface area contributed by atoms with Crippen LogP contribution in [0.15, 0.2) is 48.7 Å². The van der Waals surface area contributed by atoms with Crippen LogP contribution in [0.4, 0.5) is 5.69 Å². The van der Waals surface area contributed by atoms with Crippen molar-refractivity contribution in [1.29, 1.82) is 0 Å². The minimum atomic E-state index is -2.92. The highest BCUT2D eigenvalue weighted by Crippen LogP contribution is 2.17. The maximum absolute atomic E-state index is 12.1. The van der Waals surface area contributed by atoms with E-state index >= 15 is 0 Å². The summed E-state index contributed by atoms with van der Waals surface area (Å²) in [6.07, 6.45) is 3.96. The Bertz CT molecular complexity index is 836. The smallest absolute Gasteiger partial charge is 0.269 e. The van der Waals surface area contributed by atoms with E-state index in [0.29, 0.717) is 18.7 Å². The molecular weight excluding hydrogens is 350 g/mol. The van der Waals surface area contributed by atoms with Gasteiger partial charge in [-0.25, -0.2) is 13.4 Å². The average molecular weight is 373 g/mol. The molecule has 1 unspecified atom stereocenters. The van der Waals surface area contributed by atoms with Gasteiger partial charge in [0.25, 0.3) is 5.91 Å². The summed E-state index contributed by atoms with van der Waals surface area (Å²) in [5.74, 6) is 0.172. The molecule has 0 saturated carbocycles. The summed E-state index contributed by atoms with van der Waals surface area (Å²) in [6, 6.07) is 13.5. The van der Waals surface area contributed by atoms with Crippen LogP contribution in [0, 0.1) is 0 Å². The molecule has 1 aliphatic rings. The number of anilines is 1. The largest absolute Gasteiger partial charge is 0.380 e. The summed E-state index contributed by atoms with van der Waals surface area (Å²) < 4.78 is 23.0. The molecule has 3 rings (SSSR count). The minimum Gasteiger partial charge on any atom is -0.380 e. The van der Waals surface area contributed by atoms with E-state index in [-0.39, 0.29) is 23.5 Å². The third kappa shape index (κ3) is 5.29. The van der Waals surface area contributed by atoms with Gasteiger partial charge in [-0.05, 0) is 37.0 Å². The fourth-order valence-corrected chi connectivity index (χ4v) is 4.66. The number of nitrogens with one attached hydrogen (secondary N) is 2. The molecule has 0 bridgehead atoms. The van der Waals surface area contributed by atoms with Gasteiger partial charge in [0.2, 0.25) is 0 Å². The predicted octanol–water partition coefficient (Wildman–Crippen LogP) is 2.04. The van der Waals surface area contributed by atoms with Gasteiger partial charge in [-0.2, -0.15) is 0 Å². The summed E-state index contributed by atoms with van der Waals surface area (Å²) in [5, 5.41) is 6.03. The Labute approximate surface area is 154 Å². The molecule has 1 saturated heterocycles. The number of hydrogen-bond acceptors (Lipinski definition) is 5. The topological polar surface area (TPSA) is 88.2 Å². The molecule has 0 radical (unpaired) electrons. The van der Waals surface area contributed by atoms with Gasteiger partial charge in [0.1, 0.15) is 5.69 Å². The van der Waals surface area contributed by atoms with Crippen molar-refractivity contribution in [3.05, 3.63) is 59.9 Å². The van der Waals surface area contributed by atoms with Gasteiger partial charge in [-0.15, -0.1) is 0 Å². The first-order valence-corrected chi connectivity index (χ1v) is 10.6. The van der Waals surface area contributed by atoms with Crippen LogP contribution in [0.1, 0.15) is 28.9 Å². The van der Waals surface area contributed by atoms with Gasteiger partial charge < -0.3 is 10.6 Å². The van der Waals surface area contributed by atoms with Crippen molar-refractivity contribution in [2.45, 2.75) is 25.3 Å². The second-order valence-corrected chi connectivity index (χ2v) is 8.75. The number of benzene rings is 1. The van der Waals surface area contributed by atoms with E-state index in [1.807, 2.05) is 18.2 Å². The van der Waals surface area contributed by atoms with Gasteiger partial charge in [0.05, 0.1) is 23.4 Å². The molecule has 138 valence electrons. The number of pyridine rings is 1. The van der Waals surface area contributed by atoms with Crippen LogP contribution < -0.4 is 10.6 Å². The third-order valence-electron chi connectivity index (χ3n) is 4.37. The van der Waals surface area contributed by atoms with E-state index < -0.39 is 9.84 Å². The first-order chi connectivity index (χ1) is 12.5. The normalized spacial score (nSPS) is 18.4. The lowest BCUT2D eigenvalue weighted by Gasteiger charge is -2.12. The van der Waals surface area contributed by atoms with Crippen molar-refractivity contribution in [1.82, 2.24) is 10.3 Å². The number of carbonyl (C=O) groups excluding carboxylic acids is 1. The fourth-order valence-electron chi connectivity index (χ4n) is 2.99. The molecule has 2 aromatic rings. The van der Waals surface area contributed by atoms with Crippen molar-refractivity contribution in [2.24, 2.45) is 0 Å². The Morgan fingerprint density at radius 2 is 1.96 bits per heavy atom. The molecule has 1 fully saturated rings. The zero-order valence-electron chi connectivity index (χ0n) is 14.5. The maximum Gasteiger partial charge on any atom is 0.269 e. The van der Waals surface area contributed by atoms with Gasteiger partial charge in [-0.1, -0.05) is 30.3 Å². The Balaban J connectivity index is 1.43. The van der Waals surface area contributed by atoms with Crippen molar-refractivity contribution < 1.29 is 13.2 Å². The van der Waals surface area contributed by atoms with Crippen molar-refractivity contribution >= 4 is 21.4 Å². The van der Waals surface area contributed by atoms with Crippen LogP contribution in [-0.4, -0.2) is 43.4 Å². The van der Waals surface area contributed by atoms with Crippen LogP contribution >= 0.6 is 0 Å². The third-order valence-corrected chi connectivity index (χ3v) is 6.14. The summed E-state index contributed by atoms with van der Waals surface area (Å²) >= 11 is 0. The first-order valence-electron chi connectivity index (χ1n) is 8.77. The van der Waals surface area contributed by atoms with Crippen molar-refractivity contribution in [2.75, 3.05) is 23.4 Å². The minimum absolute atomic E-state index is 0.0838. The number of nitrogens with zero attached hydrogens (tertiary/aromatic N) is 1. The molecule has 1 aromatic carbocycles.